The third-order valence-electron chi connectivity index (χ3n) is 3.94. The van der Waals surface area contributed by atoms with Crippen molar-refractivity contribution < 1.29 is 27.8 Å². The van der Waals surface area contributed by atoms with Gasteiger partial charge in [0.1, 0.15) is 11.4 Å². The van der Waals surface area contributed by atoms with Crippen LogP contribution in [0, 0.1) is 0 Å². The molecule has 0 aromatic heterocycles. The van der Waals surface area contributed by atoms with Crippen LogP contribution in [0.2, 0.25) is 0 Å². The molecule has 2 aromatic rings. The first kappa shape index (κ1) is 17.3. The monoisotopic (exact) mass is 353 g/mol. The summed E-state index contributed by atoms with van der Waals surface area (Å²) in [5, 5.41) is 10.2. The number of aromatic hydroxyl groups is 1. The van der Waals surface area contributed by atoms with E-state index in [2.05, 4.69) is 4.74 Å². The Bertz CT molecular complexity index is 728. The molecular weight excluding hydrogens is 335 g/mol. The topological polar surface area (TPSA) is 41.9 Å². The van der Waals surface area contributed by atoms with Crippen molar-refractivity contribution in [3.8, 4) is 23.0 Å². The number of benzene rings is 2. The number of phenols is 1. The van der Waals surface area contributed by atoms with Crippen LogP contribution in [0.5, 0.6) is 23.0 Å². The Balaban J connectivity index is 1.92. The van der Waals surface area contributed by atoms with Gasteiger partial charge in [0.15, 0.2) is 17.2 Å². The average molecular weight is 353 g/mol. The standard InChI is InChI=1S/C18H18F3NO3/c19-18(20,21)25-15-9-3-2-8-14(15)24-16-10-6-7-13(23)17(16)22-11-4-1-5-12-22/h2-3,6-10,23H,1,4-5,11-12H2. The number of anilines is 1. The lowest BCUT2D eigenvalue weighted by Gasteiger charge is -2.30. The maximum Gasteiger partial charge on any atom is 0.573 e. The van der Waals surface area contributed by atoms with Crippen molar-refractivity contribution in [2.75, 3.05) is 18.0 Å². The molecule has 0 spiro atoms. The first-order valence-corrected chi connectivity index (χ1v) is 8.03. The van der Waals surface area contributed by atoms with E-state index >= 15 is 0 Å². The van der Waals surface area contributed by atoms with Gasteiger partial charge in [-0.05, 0) is 43.5 Å². The summed E-state index contributed by atoms with van der Waals surface area (Å²) in [6.45, 7) is 1.52. The van der Waals surface area contributed by atoms with Crippen molar-refractivity contribution in [2.45, 2.75) is 25.6 Å². The quantitative estimate of drug-likeness (QED) is 0.833. The fourth-order valence-corrected chi connectivity index (χ4v) is 2.89. The van der Waals surface area contributed by atoms with Crippen molar-refractivity contribution >= 4 is 5.69 Å². The zero-order valence-electron chi connectivity index (χ0n) is 13.4. The number of rotatable bonds is 4. The molecule has 2 aromatic carbocycles. The van der Waals surface area contributed by atoms with Crippen LogP contribution in [0.4, 0.5) is 18.9 Å². The number of hydrogen-bond donors (Lipinski definition) is 1. The third-order valence-corrected chi connectivity index (χ3v) is 3.94. The molecular formula is C18H18F3NO3. The van der Waals surface area contributed by atoms with E-state index in [-0.39, 0.29) is 11.5 Å². The van der Waals surface area contributed by atoms with Crippen LogP contribution in [-0.4, -0.2) is 24.6 Å². The fraction of sp³-hybridized carbons (Fsp3) is 0.333. The van der Waals surface area contributed by atoms with Crippen molar-refractivity contribution in [1.82, 2.24) is 0 Å². The number of para-hydroxylation sites is 3. The van der Waals surface area contributed by atoms with Gasteiger partial charge in [0, 0.05) is 13.1 Å². The lowest BCUT2D eigenvalue weighted by Crippen LogP contribution is -2.29. The van der Waals surface area contributed by atoms with E-state index in [0.29, 0.717) is 11.4 Å². The fourth-order valence-electron chi connectivity index (χ4n) is 2.89. The summed E-state index contributed by atoms with van der Waals surface area (Å²) in [7, 11) is 0. The second-order valence-electron chi connectivity index (χ2n) is 5.77. The highest BCUT2D eigenvalue weighted by Crippen LogP contribution is 2.43. The first-order valence-electron chi connectivity index (χ1n) is 8.03. The third kappa shape index (κ3) is 4.29. The number of nitrogens with zero attached hydrogens (tertiary/aromatic N) is 1. The molecule has 1 fully saturated rings. The number of piperidine rings is 1. The van der Waals surface area contributed by atoms with Crippen molar-refractivity contribution in [3.63, 3.8) is 0 Å². The van der Waals surface area contributed by atoms with Gasteiger partial charge in [-0.2, -0.15) is 0 Å². The van der Waals surface area contributed by atoms with Crippen LogP contribution in [0.3, 0.4) is 0 Å². The highest BCUT2D eigenvalue weighted by atomic mass is 19.4. The Morgan fingerprint density at radius 1 is 0.840 bits per heavy atom. The van der Waals surface area contributed by atoms with Gasteiger partial charge >= 0.3 is 6.36 Å². The van der Waals surface area contributed by atoms with Crippen LogP contribution >= 0.6 is 0 Å². The Kier molecular flexibility index (Phi) is 4.92. The summed E-state index contributed by atoms with van der Waals surface area (Å²) in [6, 6.07) is 10.3. The predicted octanol–water partition coefficient (Wildman–Crippen LogP) is 5.07. The second-order valence-corrected chi connectivity index (χ2v) is 5.77. The van der Waals surface area contributed by atoms with E-state index in [1.165, 1.54) is 24.3 Å². The summed E-state index contributed by atoms with van der Waals surface area (Å²) in [5.74, 6) is -0.166. The summed E-state index contributed by atoms with van der Waals surface area (Å²) in [4.78, 5) is 1.99. The van der Waals surface area contributed by atoms with E-state index in [4.69, 9.17) is 4.74 Å². The molecule has 7 heteroatoms. The van der Waals surface area contributed by atoms with Gasteiger partial charge in [-0.25, -0.2) is 0 Å². The highest BCUT2D eigenvalue weighted by Gasteiger charge is 2.32. The number of alkyl halides is 3. The van der Waals surface area contributed by atoms with E-state index in [9.17, 15) is 18.3 Å². The molecule has 1 saturated heterocycles. The van der Waals surface area contributed by atoms with E-state index < -0.39 is 12.1 Å². The molecule has 0 radical (unpaired) electrons. The minimum Gasteiger partial charge on any atom is -0.506 e. The van der Waals surface area contributed by atoms with Crippen molar-refractivity contribution in [1.29, 1.82) is 0 Å². The normalized spacial score (nSPS) is 15.1. The van der Waals surface area contributed by atoms with Gasteiger partial charge in [0.25, 0.3) is 0 Å². The number of hydrogen-bond acceptors (Lipinski definition) is 4. The maximum absolute atomic E-state index is 12.6. The molecule has 1 heterocycles. The van der Waals surface area contributed by atoms with E-state index in [1.807, 2.05) is 4.90 Å². The Morgan fingerprint density at radius 3 is 2.16 bits per heavy atom. The van der Waals surface area contributed by atoms with Gasteiger partial charge in [0.2, 0.25) is 0 Å². The molecule has 0 atom stereocenters. The summed E-state index contributed by atoms with van der Waals surface area (Å²) in [6.07, 6.45) is -1.72. The van der Waals surface area contributed by atoms with E-state index in [0.717, 1.165) is 32.4 Å². The molecule has 0 aliphatic carbocycles. The van der Waals surface area contributed by atoms with Crippen LogP contribution in [0.15, 0.2) is 42.5 Å². The number of halogens is 3. The Hall–Kier alpha value is -2.57. The average Bonchev–Trinajstić information content (AvgIpc) is 2.56. The summed E-state index contributed by atoms with van der Waals surface area (Å²) in [5.41, 5.74) is 0.490. The van der Waals surface area contributed by atoms with Gasteiger partial charge < -0.3 is 19.5 Å². The lowest BCUT2D eigenvalue weighted by molar-refractivity contribution is -0.275. The van der Waals surface area contributed by atoms with Gasteiger partial charge in [-0.1, -0.05) is 18.2 Å². The van der Waals surface area contributed by atoms with Crippen LogP contribution < -0.4 is 14.4 Å². The molecule has 1 aliphatic heterocycles. The largest absolute Gasteiger partial charge is 0.573 e. The van der Waals surface area contributed by atoms with Crippen molar-refractivity contribution in [3.05, 3.63) is 42.5 Å². The molecule has 134 valence electrons. The molecule has 0 amide bonds. The molecule has 1 aliphatic rings. The molecule has 0 saturated carbocycles. The zero-order valence-corrected chi connectivity index (χ0v) is 13.4. The number of ether oxygens (including phenoxy) is 2. The molecule has 1 N–H and O–H groups in total. The first-order chi connectivity index (χ1) is 11.9. The van der Waals surface area contributed by atoms with Crippen LogP contribution in [-0.2, 0) is 0 Å². The SMILES string of the molecule is Oc1cccc(Oc2ccccc2OC(F)(F)F)c1N1CCCCC1. The van der Waals surface area contributed by atoms with Gasteiger partial charge in [-0.15, -0.1) is 13.2 Å². The lowest BCUT2D eigenvalue weighted by atomic mass is 10.1. The van der Waals surface area contributed by atoms with Crippen LogP contribution in [0.1, 0.15) is 19.3 Å². The smallest absolute Gasteiger partial charge is 0.506 e. The minimum absolute atomic E-state index is 0.0358. The minimum atomic E-state index is -4.81. The summed E-state index contributed by atoms with van der Waals surface area (Å²) >= 11 is 0. The summed E-state index contributed by atoms with van der Waals surface area (Å²) < 4.78 is 47.4. The molecule has 25 heavy (non-hydrogen) atoms. The molecule has 0 bridgehead atoms. The second kappa shape index (κ2) is 7.13. The van der Waals surface area contributed by atoms with Crippen molar-refractivity contribution in [2.24, 2.45) is 0 Å². The zero-order chi connectivity index (χ0) is 17.9. The molecule has 4 nitrogen and oxygen atoms in total. The predicted molar refractivity (Wildman–Crippen MR) is 87.4 cm³/mol. The molecule has 3 rings (SSSR count). The van der Waals surface area contributed by atoms with E-state index in [1.54, 1.807) is 18.2 Å². The highest BCUT2D eigenvalue weighted by molar-refractivity contribution is 5.68. The Morgan fingerprint density at radius 2 is 1.48 bits per heavy atom. The maximum atomic E-state index is 12.6. The Labute approximate surface area is 143 Å². The molecule has 0 unspecified atom stereocenters. The van der Waals surface area contributed by atoms with Crippen LogP contribution in [0.25, 0.3) is 0 Å². The van der Waals surface area contributed by atoms with Gasteiger partial charge in [0.05, 0.1) is 0 Å². The number of phenolic OH excluding ortho intramolecular Hbond substituents is 1. The van der Waals surface area contributed by atoms with Gasteiger partial charge in [-0.3, -0.25) is 0 Å².